The molecule has 0 fully saturated rings. The van der Waals surface area contributed by atoms with Crippen molar-refractivity contribution >= 4 is 45.3 Å². The van der Waals surface area contributed by atoms with E-state index in [0.29, 0.717) is 16.5 Å². The lowest BCUT2D eigenvalue weighted by Crippen LogP contribution is -2.28. The van der Waals surface area contributed by atoms with Gasteiger partial charge in [-0.15, -0.1) is 32.9 Å². The van der Waals surface area contributed by atoms with Gasteiger partial charge in [0.15, 0.2) is 11.0 Å². The largest absolute Gasteiger partial charge is 0.316 e. The van der Waals surface area contributed by atoms with Gasteiger partial charge in [0, 0.05) is 27.2 Å². The quantitative estimate of drug-likeness (QED) is 0.292. The Morgan fingerprint density at radius 1 is 1.33 bits per heavy atom. The monoisotopic (exact) mass is 541 g/mol. The van der Waals surface area contributed by atoms with E-state index in [1.165, 1.54) is 27.1 Å². The maximum absolute atomic E-state index is 12.9. The number of aromatic nitrogens is 3. The summed E-state index contributed by atoms with van der Waals surface area (Å²) in [5, 5.41) is 25.4. The highest BCUT2D eigenvalue weighted by molar-refractivity contribution is 7.99. The zero-order valence-corrected chi connectivity index (χ0v) is 24.5. The number of aryl methyl sites for hydroxylation is 1. The van der Waals surface area contributed by atoms with E-state index in [9.17, 15) is 10.1 Å². The van der Waals surface area contributed by atoms with Crippen LogP contribution in [0.15, 0.2) is 10.5 Å². The maximum atomic E-state index is 12.9. The number of rotatable bonds is 9. The summed E-state index contributed by atoms with van der Waals surface area (Å²) in [5.74, 6) is 1.58. The first-order valence-corrected chi connectivity index (χ1v) is 15.4. The maximum Gasteiger partial charge on any atom is 0.235 e. The fourth-order valence-corrected chi connectivity index (χ4v) is 8.06. The van der Waals surface area contributed by atoms with E-state index in [1.807, 2.05) is 0 Å². The van der Waals surface area contributed by atoms with Gasteiger partial charge in [0.25, 0.3) is 0 Å². The molecule has 9 heteroatoms. The summed E-state index contributed by atoms with van der Waals surface area (Å²) < 4.78 is 2.08. The number of thiophene rings is 2. The molecule has 0 aliphatic heterocycles. The minimum Gasteiger partial charge on any atom is -0.316 e. The fraction of sp³-hybridized carbons (Fsp3) is 0.556. The lowest BCUT2D eigenvalue weighted by molar-refractivity contribution is -0.113. The first-order valence-electron chi connectivity index (χ1n) is 12.7. The van der Waals surface area contributed by atoms with Crippen molar-refractivity contribution in [3.8, 4) is 17.5 Å². The predicted octanol–water partition coefficient (Wildman–Crippen LogP) is 7.10. The van der Waals surface area contributed by atoms with Crippen LogP contribution in [0.3, 0.4) is 0 Å². The predicted molar refractivity (Wildman–Crippen MR) is 151 cm³/mol. The van der Waals surface area contributed by atoms with Gasteiger partial charge in [-0.25, -0.2) is 0 Å². The first-order chi connectivity index (χ1) is 17.2. The molecular weight excluding hydrogens is 507 g/mol. The normalized spacial score (nSPS) is 15.5. The SMILES string of the molecule is CCc1c(-c2nnc(SCC(=O)Nc3sc4c(c3C#N)CCC(C(C)(C)CC)C4)n2CC)csc1C. The Morgan fingerprint density at radius 2 is 2.11 bits per heavy atom. The number of fused-ring (bicyclic) bond motifs is 1. The summed E-state index contributed by atoms with van der Waals surface area (Å²) in [6.45, 7) is 14.0. The molecule has 3 aromatic rings. The van der Waals surface area contributed by atoms with Gasteiger partial charge in [-0.2, -0.15) is 5.26 Å². The molecule has 1 unspecified atom stereocenters. The summed E-state index contributed by atoms with van der Waals surface area (Å²) in [5.41, 5.74) is 4.52. The Bertz CT molecular complexity index is 1290. The van der Waals surface area contributed by atoms with Crippen molar-refractivity contribution in [2.45, 2.75) is 85.3 Å². The lowest BCUT2D eigenvalue weighted by atomic mass is 9.69. The fourth-order valence-electron chi connectivity index (χ4n) is 5.03. The van der Waals surface area contributed by atoms with Crippen molar-refractivity contribution in [1.82, 2.24) is 14.8 Å². The van der Waals surface area contributed by atoms with Crippen LogP contribution in [0, 0.1) is 29.6 Å². The van der Waals surface area contributed by atoms with Crippen molar-refractivity contribution in [2.75, 3.05) is 11.1 Å². The van der Waals surface area contributed by atoms with Gasteiger partial charge in [-0.05, 0) is 62.0 Å². The van der Waals surface area contributed by atoms with Gasteiger partial charge in [-0.3, -0.25) is 4.79 Å². The van der Waals surface area contributed by atoms with Crippen LogP contribution in [0.25, 0.3) is 11.4 Å². The number of carbonyl (C=O) groups is 1. The van der Waals surface area contributed by atoms with Crippen LogP contribution in [0.5, 0.6) is 0 Å². The topological polar surface area (TPSA) is 83.6 Å². The molecule has 4 rings (SSSR count). The van der Waals surface area contributed by atoms with Crippen molar-refractivity contribution < 1.29 is 4.79 Å². The summed E-state index contributed by atoms with van der Waals surface area (Å²) in [6, 6.07) is 2.37. The number of carbonyl (C=O) groups excluding carboxylic acids is 1. The third-order valence-electron chi connectivity index (χ3n) is 7.71. The van der Waals surface area contributed by atoms with Gasteiger partial charge < -0.3 is 9.88 Å². The van der Waals surface area contributed by atoms with E-state index in [1.54, 1.807) is 22.7 Å². The van der Waals surface area contributed by atoms with Crippen molar-refractivity contribution in [3.63, 3.8) is 0 Å². The number of nitriles is 1. The summed E-state index contributed by atoms with van der Waals surface area (Å²) in [6.07, 6.45) is 5.10. The highest BCUT2D eigenvalue weighted by atomic mass is 32.2. The van der Waals surface area contributed by atoms with Crippen LogP contribution >= 0.6 is 34.4 Å². The zero-order valence-electron chi connectivity index (χ0n) is 22.0. The molecular formula is C27H35N5OS3. The smallest absolute Gasteiger partial charge is 0.235 e. The van der Waals surface area contributed by atoms with E-state index in [4.69, 9.17) is 0 Å². The molecule has 36 heavy (non-hydrogen) atoms. The van der Waals surface area contributed by atoms with Gasteiger partial charge in [0.1, 0.15) is 11.1 Å². The van der Waals surface area contributed by atoms with Gasteiger partial charge >= 0.3 is 0 Å². The molecule has 0 spiro atoms. The number of nitrogens with zero attached hydrogens (tertiary/aromatic N) is 4. The van der Waals surface area contributed by atoms with Crippen LogP contribution in [-0.2, 0) is 30.6 Å². The summed E-state index contributed by atoms with van der Waals surface area (Å²) in [4.78, 5) is 15.5. The molecule has 0 radical (unpaired) electrons. The van der Waals surface area contributed by atoms with Crippen LogP contribution in [-0.4, -0.2) is 26.4 Å². The standard InChI is InChI=1S/C27H35N5OS3/c1-7-18-16(4)34-14-21(18)24-30-31-26(32(24)9-3)35-15-23(33)29-25-20(13-28)19-11-10-17(12-22(19)36-25)27(5,6)8-2/h14,17H,7-12,15H2,1-6H3,(H,29,33). The Kier molecular flexibility index (Phi) is 8.28. The van der Waals surface area contributed by atoms with Crippen molar-refractivity contribution in [3.05, 3.63) is 31.8 Å². The molecule has 0 saturated heterocycles. The Morgan fingerprint density at radius 3 is 2.78 bits per heavy atom. The molecule has 0 bridgehead atoms. The van der Waals surface area contributed by atoms with Crippen LogP contribution in [0.1, 0.15) is 73.9 Å². The molecule has 1 atom stereocenters. The molecule has 1 amide bonds. The molecule has 1 aliphatic carbocycles. The number of nitrogens with one attached hydrogen (secondary N) is 1. The zero-order chi connectivity index (χ0) is 26.0. The van der Waals surface area contributed by atoms with Crippen LogP contribution < -0.4 is 5.32 Å². The van der Waals surface area contributed by atoms with Gasteiger partial charge in [-0.1, -0.05) is 45.9 Å². The Labute approximate surface area is 226 Å². The Balaban J connectivity index is 1.46. The first kappa shape index (κ1) is 26.9. The summed E-state index contributed by atoms with van der Waals surface area (Å²) >= 11 is 4.72. The third-order valence-corrected chi connectivity index (χ3v) is 10.8. The van der Waals surface area contributed by atoms with E-state index < -0.39 is 0 Å². The third kappa shape index (κ3) is 5.13. The second-order valence-corrected chi connectivity index (χ2v) is 13.2. The molecule has 3 heterocycles. The van der Waals surface area contributed by atoms with E-state index in [-0.39, 0.29) is 17.1 Å². The molecule has 192 valence electrons. The van der Waals surface area contributed by atoms with Crippen molar-refractivity contribution in [1.29, 1.82) is 5.26 Å². The minimum atomic E-state index is -0.117. The second kappa shape index (κ2) is 11.1. The summed E-state index contributed by atoms with van der Waals surface area (Å²) in [7, 11) is 0. The van der Waals surface area contributed by atoms with Gasteiger partial charge in [0.05, 0.1) is 11.3 Å². The molecule has 1 N–H and O–H groups in total. The number of amides is 1. The number of hydrogen-bond acceptors (Lipinski definition) is 7. The van der Waals surface area contributed by atoms with Crippen LogP contribution in [0.2, 0.25) is 0 Å². The van der Waals surface area contributed by atoms with Crippen LogP contribution in [0.4, 0.5) is 5.00 Å². The second-order valence-electron chi connectivity index (χ2n) is 10.0. The minimum absolute atomic E-state index is 0.117. The molecule has 1 aliphatic rings. The number of anilines is 1. The Hall–Kier alpha value is -2.15. The highest BCUT2D eigenvalue weighted by Gasteiger charge is 2.34. The van der Waals surface area contributed by atoms with Gasteiger partial charge in [0.2, 0.25) is 5.91 Å². The molecule has 3 aromatic heterocycles. The van der Waals surface area contributed by atoms with E-state index in [0.717, 1.165) is 60.8 Å². The molecule has 6 nitrogen and oxygen atoms in total. The molecule has 0 aromatic carbocycles. The number of hydrogen-bond donors (Lipinski definition) is 1. The lowest BCUT2D eigenvalue weighted by Gasteiger charge is -2.36. The average molecular weight is 542 g/mol. The van der Waals surface area contributed by atoms with E-state index in [2.05, 4.69) is 73.1 Å². The number of thioether (sulfide) groups is 1. The van der Waals surface area contributed by atoms with E-state index >= 15 is 0 Å². The molecule has 0 saturated carbocycles. The average Bonchev–Trinajstić information content (AvgIpc) is 3.55. The van der Waals surface area contributed by atoms with Crippen molar-refractivity contribution in [2.24, 2.45) is 11.3 Å². The highest BCUT2D eigenvalue weighted by Crippen LogP contribution is 2.45.